The van der Waals surface area contributed by atoms with Crippen LogP contribution in [0.15, 0.2) is 77.7 Å². The molecule has 0 heterocycles. The summed E-state index contributed by atoms with van der Waals surface area (Å²) in [6.07, 6.45) is 0.588. The van der Waals surface area contributed by atoms with Gasteiger partial charge in [0, 0.05) is 36.7 Å². The van der Waals surface area contributed by atoms with Crippen molar-refractivity contribution < 1.29 is 18.0 Å². The lowest BCUT2D eigenvalue weighted by molar-refractivity contribution is -0.116. The van der Waals surface area contributed by atoms with Gasteiger partial charge >= 0.3 is 0 Å². The molecular formula is C24H23ClN2O4S. The van der Waals surface area contributed by atoms with Gasteiger partial charge in [0.2, 0.25) is 15.9 Å². The normalized spacial score (nSPS) is 11.4. The van der Waals surface area contributed by atoms with Crippen molar-refractivity contribution in [1.82, 2.24) is 4.31 Å². The summed E-state index contributed by atoms with van der Waals surface area (Å²) in [4.78, 5) is 25.6. The number of carbonyl (C=O) groups excluding carboxylic acids is 2. The van der Waals surface area contributed by atoms with E-state index in [1.807, 2.05) is 6.07 Å². The number of ketones is 1. The lowest BCUT2D eigenvalue weighted by atomic mass is 10.0. The fourth-order valence-electron chi connectivity index (χ4n) is 3.07. The highest BCUT2D eigenvalue weighted by Crippen LogP contribution is 2.24. The number of hydrogen-bond donors (Lipinski definition) is 1. The molecule has 6 nitrogen and oxygen atoms in total. The predicted molar refractivity (Wildman–Crippen MR) is 126 cm³/mol. The number of rotatable bonds is 8. The highest BCUT2D eigenvalue weighted by Gasteiger charge is 2.18. The number of halogens is 1. The van der Waals surface area contributed by atoms with Gasteiger partial charge in [0.25, 0.3) is 0 Å². The molecule has 0 aromatic heterocycles. The molecule has 0 spiro atoms. The molecular weight excluding hydrogens is 448 g/mol. The van der Waals surface area contributed by atoms with Crippen LogP contribution in [0.2, 0.25) is 5.02 Å². The van der Waals surface area contributed by atoms with Crippen LogP contribution in [0.3, 0.4) is 0 Å². The molecule has 0 unspecified atom stereocenters. The maximum Gasteiger partial charge on any atom is 0.242 e. The second-order valence-corrected chi connectivity index (χ2v) is 9.95. The minimum Gasteiger partial charge on any atom is -0.325 e. The number of aryl methyl sites for hydroxylation is 1. The average Bonchev–Trinajstić information content (AvgIpc) is 2.79. The molecule has 0 saturated heterocycles. The Kier molecular flexibility index (Phi) is 7.45. The number of hydrogen-bond acceptors (Lipinski definition) is 4. The van der Waals surface area contributed by atoms with E-state index in [9.17, 15) is 18.0 Å². The van der Waals surface area contributed by atoms with E-state index in [4.69, 9.17) is 11.6 Å². The first-order valence-corrected chi connectivity index (χ1v) is 11.7. The molecule has 8 heteroatoms. The Balaban J connectivity index is 1.69. The van der Waals surface area contributed by atoms with E-state index in [1.54, 1.807) is 48.5 Å². The van der Waals surface area contributed by atoms with Crippen molar-refractivity contribution in [3.05, 3.63) is 94.5 Å². The Hall–Kier alpha value is -3.00. The zero-order valence-corrected chi connectivity index (χ0v) is 19.3. The van der Waals surface area contributed by atoms with Crippen LogP contribution in [0.5, 0.6) is 0 Å². The summed E-state index contributed by atoms with van der Waals surface area (Å²) in [5.74, 6) is -0.500. The number of nitrogens with one attached hydrogen (secondary N) is 1. The molecule has 0 fully saturated rings. The van der Waals surface area contributed by atoms with Crippen molar-refractivity contribution in [2.24, 2.45) is 0 Å². The molecule has 3 rings (SSSR count). The van der Waals surface area contributed by atoms with E-state index in [0.29, 0.717) is 28.3 Å². The van der Waals surface area contributed by atoms with Crippen LogP contribution in [-0.2, 0) is 21.2 Å². The fraction of sp³-hybridized carbons (Fsp3) is 0.167. The molecule has 0 aliphatic carbocycles. The SMILES string of the molecule is CN(C)S(=O)(=O)c1ccc(CCC(=O)Nc2ccc(Cl)cc2C(=O)c2ccccc2)cc1. The van der Waals surface area contributed by atoms with E-state index < -0.39 is 10.0 Å². The standard InChI is InChI=1S/C24H23ClN2O4S/c1-27(2)32(30,31)20-12-8-17(9-13-20)10-15-23(28)26-22-14-11-19(25)16-21(22)24(29)18-6-4-3-5-7-18/h3-9,11-14,16H,10,15H2,1-2H3,(H,26,28). The van der Waals surface area contributed by atoms with Crippen molar-refractivity contribution in [1.29, 1.82) is 0 Å². The molecule has 3 aromatic carbocycles. The molecule has 0 atom stereocenters. The first-order chi connectivity index (χ1) is 15.2. The molecule has 166 valence electrons. The van der Waals surface area contributed by atoms with Crippen molar-refractivity contribution in [3.8, 4) is 0 Å². The summed E-state index contributed by atoms with van der Waals surface area (Å²) in [7, 11) is -0.547. The van der Waals surface area contributed by atoms with E-state index in [0.717, 1.165) is 9.87 Å². The molecule has 32 heavy (non-hydrogen) atoms. The van der Waals surface area contributed by atoms with Gasteiger partial charge in [0.15, 0.2) is 5.78 Å². The first-order valence-electron chi connectivity index (χ1n) is 9.89. The Bertz CT molecular complexity index is 1220. The Morgan fingerprint density at radius 2 is 1.59 bits per heavy atom. The van der Waals surface area contributed by atoms with Crippen molar-refractivity contribution >= 4 is 39.0 Å². The summed E-state index contributed by atoms with van der Waals surface area (Å²) < 4.78 is 25.5. The lowest BCUT2D eigenvalue weighted by Gasteiger charge is -2.12. The number of anilines is 1. The topological polar surface area (TPSA) is 83.6 Å². The number of nitrogens with zero attached hydrogens (tertiary/aromatic N) is 1. The van der Waals surface area contributed by atoms with Crippen LogP contribution < -0.4 is 5.32 Å². The summed E-state index contributed by atoms with van der Waals surface area (Å²) >= 11 is 6.08. The minimum absolute atomic E-state index is 0.168. The third kappa shape index (κ3) is 5.62. The second kappa shape index (κ2) is 10.1. The van der Waals surface area contributed by atoms with Crippen LogP contribution in [0.1, 0.15) is 27.9 Å². The Morgan fingerprint density at radius 1 is 0.938 bits per heavy atom. The third-order valence-corrected chi connectivity index (χ3v) is 6.94. The van der Waals surface area contributed by atoms with Crippen LogP contribution in [-0.4, -0.2) is 38.5 Å². The van der Waals surface area contributed by atoms with Crippen LogP contribution in [0, 0.1) is 0 Å². The fourth-order valence-corrected chi connectivity index (χ4v) is 4.14. The van der Waals surface area contributed by atoms with Crippen LogP contribution in [0.4, 0.5) is 5.69 Å². The molecule has 1 N–H and O–H groups in total. The minimum atomic E-state index is -3.49. The number of sulfonamides is 1. The van der Waals surface area contributed by atoms with Gasteiger partial charge in [0.05, 0.1) is 10.6 Å². The largest absolute Gasteiger partial charge is 0.325 e. The first kappa shape index (κ1) is 23.7. The van der Waals surface area contributed by atoms with Gasteiger partial charge in [-0.15, -0.1) is 0 Å². The molecule has 0 bridgehead atoms. The highest BCUT2D eigenvalue weighted by molar-refractivity contribution is 7.89. The summed E-state index contributed by atoms with van der Waals surface area (Å²) in [6, 6.07) is 20.0. The van der Waals surface area contributed by atoms with Gasteiger partial charge in [-0.05, 0) is 42.3 Å². The maximum absolute atomic E-state index is 12.9. The summed E-state index contributed by atoms with van der Waals surface area (Å²) in [6.45, 7) is 0. The van der Waals surface area contributed by atoms with Gasteiger partial charge in [-0.1, -0.05) is 54.1 Å². The number of benzene rings is 3. The number of amides is 1. The van der Waals surface area contributed by atoms with Gasteiger partial charge in [-0.3, -0.25) is 9.59 Å². The molecule has 3 aromatic rings. The van der Waals surface area contributed by atoms with Gasteiger partial charge in [0.1, 0.15) is 0 Å². The Labute approximate surface area is 192 Å². The molecule has 0 saturated carbocycles. The molecule has 0 aliphatic heterocycles. The third-order valence-electron chi connectivity index (χ3n) is 4.88. The van der Waals surface area contributed by atoms with Crippen molar-refractivity contribution in [2.75, 3.05) is 19.4 Å². The second-order valence-electron chi connectivity index (χ2n) is 7.36. The summed E-state index contributed by atoms with van der Waals surface area (Å²) in [5, 5.41) is 3.19. The molecule has 1 amide bonds. The maximum atomic E-state index is 12.9. The monoisotopic (exact) mass is 470 g/mol. The average molecular weight is 471 g/mol. The highest BCUT2D eigenvalue weighted by atomic mass is 35.5. The predicted octanol–water partition coefficient (Wildman–Crippen LogP) is 4.39. The lowest BCUT2D eigenvalue weighted by Crippen LogP contribution is -2.22. The van der Waals surface area contributed by atoms with E-state index in [2.05, 4.69) is 5.32 Å². The molecule has 0 aliphatic rings. The smallest absolute Gasteiger partial charge is 0.242 e. The Morgan fingerprint density at radius 3 is 2.22 bits per heavy atom. The van der Waals surface area contributed by atoms with Gasteiger partial charge in [-0.25, -0.2) is 12.7 Å². The zero-order chi connectivity index (χ0) is 23.3. The van der Waals surface area contributed by atoms with Crippen LogP contribution in [0.25, 0.3) is 0 Å². The van der Waals surface area contributed by atoms with E-state index >= 15 is 0 Å². The van der Waals surface area contributed by atoms with E-state index in [1.165, 1.54) is 32.3 Å². The van der Waals surface area contributed by atoms with Crippen LogP contribution >= 0.6 is 11.6 Å². The zero-order valence-electron chi connectivity index (χ0n) is 17.7. The van der Waals surface area contributed by atoms with Crippen molar-refractivity contribution in [3.63, 3.8) is 0 Å². The van der Waals surface area contributed by atoms with Gasteiger partial charge in [-0.2, -0.15) is 0 Å². The van der Waals surface area contributed by atoms with Crippen molar-refractivity contribution in [2.45, 2.75) is 17.7 Å². The quantitative estimate of drug-likeness (QED) is 0.495. The van der Waals surface area contributed by atoms with Gasteiger partial charge < -0.3 is 5.32 Å². The number of carbonyl (C=O) groups is 2. The molecule has 0 radical (unpaired) electrons. The summed E-state index contributed by atoms with van der Waals surface area (Å²) in [5.41, 5.74) is 2.03. The van der Waals surface area contributed by atoms with E-state index in [-0.39, 0.29) is 23.0 Å².